The summed E-state index contributed by atoms with van der Waals surface area (Å²) in [6, 6.07) is 0. The number of carbonyl (C=O) groups is 1. The predicted molar refractivity (Wildman–Crippen MR) is 125 cm³/mol. The van der Waals surface area contributed by atoms with Crippen LogP contribution in [0.1, 0.15) is 68.7 Å². The van der Waals surface area contributed by atoms with Crippen LogP contribution >= 0.6 is 31.9 Å². The van der Waals surface area contributed by atoms with Crippen molar-refractivity contribution >= 4 is 46.4 Å². The summed E-state index contributed by atoms with van der Waals surface area (Å²) in [7, 11) is -2.61. The first-order valence-corrected chi connectivity index (χ1v) is 14.2. The maximum Gasteiger partial charge on any atom is 0.349 e. The normalized spacial score (nSPS) is 33.6. The van der Waals surface area contributed by atoms with E-state index in [-0.39, 0.29) is 44.0 Å². The second-order valence-corrected chi connectivity index (χ2v) is 17.8. The van der Waals surface area contributed by atoms with Crippen LogP contribution in [0.2, 0.25) is 10.1 Å². The molecule has 0 bridgehead atoms. The Hall–Kier alpha value is 0.527. The molecule has 0 aliphatic carbocycles. The first-order valence-electron chi connectivity index (χ1n) is 10.5. The topological polar surface area (TPSA) is 54.0 Å². The number of carbonyl (C=O) groups excluding carboxylic acids is 1. The number of rotatable bonds is 3. The van der Waals surface area contributed by atoms with Crippen LogP contribution < -0.4 is 0 Å². The highest BCUT2D eigenvalue weighted by Crippen LogP contribution is 2.55. The van der Waals surface area contributed by atoms with Crippen molar-refractivity contribution in [1.29, 1.82) is 0 Å². The van der Waals surface area contributed by atoms with Gasteiger partial charge in [0.05, 0.1) is 35.7 Å². The van der Waals surface area contributed by atoms with Crippen molar-refractivity contribution in [2.75, 3.05) is 13.2 Å². The molecule has 2 heterocycles. The summed E-state index contributed by atoms with van der Waals surface area (Å²) >= 11 is 7.73. The third-order valence-electron chi connectivity index (χ3n) is 6.14. The average Bonchev–Trinajstić information content (AvgIpc) is 2.70. The molecule has 0 amide bonds. The number of halogens is 2. The molecule has 2 rings (SSSR count). The minimum atomic E-state index is -2.61. The molecule has 170 valence electrons. The zero-order valence-corrected chi connectivity index (χ0v) is 23.5. The number of fused-ring (bicyclic) bond motifs is 1. The molecule has 0 spiro atoms. The Kier molecular flexibility index (Phi) is 7.84. The molecule has 0 aromatic carbocycles. The Labute approximate surface area is 194 Å². The molecule has 2 aliphatic heterocycles. The number of hydrogen-bond acceptors (Lipinski definition) is 5. The zero-order valence-electron chi connectivity index (χ0n) is 19.3. The van der Waals surface area contributed by atoms with Gasteiger partial charge >= 0.3 is 14.5 Å². The highest BCUT2D eigenvalue weighted by atomic mass is 79.9. The number of esters is 1. The number of ether oxygens (including phenoxy) is 2. The second kappa shape index (κ2) is 8.81. The van der Waals surface area contributed by atoms with E-state index in [9.17, 15) is 4.79 Å². The molecule has 2 aliphatic rings. The Morgan fingerprint density at radius 3 is 2.10 bits per heavy atom. The van der Waals surface area contributed by atoms with E-state index in [0.717, 1.165) is 0 Å². The summed E-state index contributed by atoms with van der Waals surface area (Å²) in [4.78, 5) is 12.8. The molecule has 5 atom stereocenters. The Bertz CT molecular complexity index is 585. The molecule has 0 aromatic rings. The van der Waals surface area contributed by atoms with Crippen LogP contribution in [0, 0.1) is 5.41 Å². The van der Waals surface area contributed by atoms with E-state index in [2.05, 4.69) is 73.4 Å². The predicted octanol–water partition coefficient (Wildman–Crippen LogP) is 5.72. The lowest BCUT2D eigenvalue weighted by atomic mass is 9.84. The maximum atomic E-state index is 12.6. The molecular formula is C21H38Br2O5Si. The highest BCUT2D eigenvalue weighted by molar-refractivity contribution is 9.12. The molecule has 29 heavy (non-hydrogen) atoms. The van der Waals surface area contributed by atoms with Gasteiger partial charge in [-0.3, -0.25) is 4.79 Å². The van der Waals surface area contributed by atoms with Crippen LogP contribution in [-0.2, 0) is 23.1 Å². The Morgan fingerprint density at radius 2 is 1.62 bits per heavy atom. The van der Waals surface area contributed by atoms with Gasteiger partial charge in [0, 0.05) is 14.9 Å². The molecule has 2 fully saturated rings. The summed E-state index contributed by atoms with van der Waals surface area (Å²) in [5.41, 5.74) is -0.760. The average molecular weight is 558 g/mol. The third-order valence-corrected chi connectivity index (χ3v) is 14.1. The molecular weight excluding hydrogens is 520 g/mol. The second-order valence-electron chi connectivity index (χ2n) is 10.8. The van der Waals surface area contributed by atoms with Gasteiger partial charge in [0.15, 0.2) is 0 Å². The molecule has 0 aromatic heterocycles. The van der Waals surface area contributed by atoms with E-state index in [0.29, 0.717) is 19.6 Å². The van der Waals surface area contributed by atoms with Gasteiger partial charge in [-0.2, -0.15) is 0 Å². The van der Waals surface area contributed by atoms with Gasteiger partial charge < -0.3 is 18.3 Å². The fourth-order valence-corrected chi connectivity index (χ4v) is 11.1. The van der Waals surface area contributed by atoms with Crippen molar-refractivity contribution in [3.8, 4) is 0 Å². The highest BCUT2D eigenvalue weighted by Gasteiger charge is 2.64. The molecule has 0 radical (unpaired) electrons. The van der Waals surface area contributed by atoms with Crippen LogP contribution in [0.15, 0.2) is 0 Å². The minimum absolute atomic E-state index is 0.0518. The van der Waals surface area contributed by atoms with Gasteiger partial charge in [0.1, 0.15) is 6.10 Å². The standard InChI is InChI=1S/C21H38Br2O5Si/c1-10-25-18(24)21(8,9)15-11-13(22)16(23)17-14(27-15)12-26-29(28-17,19(2,3)4)20(5,6)7/h13-17H,10-12H2,1-9H3/t13-,14+,15-,16+,17-/m0/s1. The van der Waals surface area contributed by atoms with Crippen LogP contribution in [0.3, 0.4) is 0 Å². The first kappa shape index (κ1) is 25.8. The van der Waals surface area contributed by atoms with Crippen molar-refractivity contribution in [2.45, 2.75) is 107 Å². The molecule has 0 unspecified atom stereocenters. The lowest BCUT2D eigenvalue weighted by molar-refractivity contribution is -0.176. The Morgan fingerprint density at radius 1 is 1.07 bits per heavy atom. The van der Waals surface area contributed by atoms with Gasteiger partial charge in [0.2, 0.25) is 0 Å². The van der Waals surface area contributed by atoms with Gasteiger partial charge in [-0.25, -0.2) is 0 Å². The molecule has 0 saturated carbocycles. The van der Waals surface area contributed by atoms with E-state index < -0.39 is 14.0 Å². The van der Waals surface area contributed by atoms with Gasteiger partial charge in [-0.15, -0.1) is 0 Å². The smallest absolute Gasteiger partial charge is 0.349 e. The lowest BCUT2D eigenvalue weighted by Gasteiger charge is -2.55. The maximum absolute atomic E-state index is 12.6. The van der Waals surface area contributed by atoms with E-state index in [1.54, 1.807) is 0 Å². The quantitative estimate of drug-likeness (QED) is 0.252. The van der Waals surface area contributed by atoms with Crippen molar-refractivity contribution in [3.05, 3.63) is 0 Å². The van der Waals surface area contributed by atoms with Crippen LogP contribution in [0.25, 0.3) is 0 Å². The van der Waals surface area contributed by atoms with Crippen LogP contribution in [-0.4, -0.2) is 55.7 Å². The molecule has 2 saturated heterocycles. The van der Waals surface area contributed by atoms with Crippen LogP contribution in [0.5, 0.6) is 0 Å². The Balaban J connectivity index is 2.37. The van der Waals surface area contributed by atoms with E-state index in [1.165, 1.54) is 0 Å². The third kappa shape index (κ3) is 4.82. The van der Waals surface area contributed by atoms with Crippen molar-refractivity contribution in [1.82, 2.24) is 0 Å². The fourth-order valence-electron chi connectivity index (χ4n) is 4.61. The van der Waals surface area contributed by atoms with Crippen molar-refractivity contribution in [2.24, 2.45) is 5.41 Å². The van der Waals surface area contributed by atoms with E-state index in [4.69, 9.17) is 18.3 Å². The first-order chi connectivity index (χ1) is 13.1. The summed E-state index contributed by atoms with van der Waals surface area (Å²) in [5, 5.41) is -0.193. The molecule has 0 N–H and O–H groups in total. The monoisotopic (exact) mass is 556 g/mol. The fraction of sp³-hybridized carbons (Fsp3) is 0.952. The van der Waals surface area contributed by atoms with Gasteiger partial charge in [0.25, 0.3) is 0 Å². The SMILES string of the molecule is CCOC(=O)C(C)(C)[C@@H]1C[C@H](Br)[C@@H](Br)[C@H]2O[Si](C(C)(C)C)(C(C)(C)C)OC[C@H]2O1. The summed E-state index contributed by atoms with van der Waals surface area (Å²) in [6.07, 6.45) is -0.0173. The van der Waals surface area contributed by atoms with Gasteiger partial charge in [-0.05, 0) is 27.2 Å². The van der Waals surface area contributed by atoms with Crippen molar-refractivity contribution in [3.63, 3.8) is 0 Å². The number of hydrogen-bond donors (Lipinski definition) is 0. The van der Waals surface area contributed by atoms with Crippen molar-refractivity contribution < 1.29 is 23.1 Å². The number of alkyl halides is 2. The summed E-state index contributed by atoms with van der Waals surface area (Å²) in [5.74, 6) is -0.236. The van der Waals surface area contributed by atoms with E-state index in [1.807, 2.05) is 20.8 Å². The van der Waals surface area contributed by atoms with E-state index >= 15 is 0 Å². The molecule has 5 nitrogen and oxygen atoms in total. The summed E-state index contributed by atoms with van der Waals surface area (Å²) < 4.78 is 25.4. The lowest BCUT2D eigenvalue weighted by Crippen LogP contribution is -2.66. The van der Waals surface area contributed by atoms with Crippen LogP contribution in [0.4, 0.5) is 0 Å². The zero-order chi connectivity index (χ0) is 22.4. The summed E-state index contributed by atoms with van der Waals surface area (Å²) in [6.45, 7) is 19.7. The minimum Gasteiger partial charge on any atom is -0.466 e. The largest absolute Gasteiger partial charge is 0.466 e. The molecule has 8 heteroatoms. The van der Waals surface area contributed by atoms with Gasteiger partial charge in [-0.1, -0.05) is 73.4 Å².